The molecule has 0 fully saturated rings. The number of aryl methyl sites for hydroxylation is 1. The first kappa shape index (κ1) is 24.9. The molecule has 1 amide bonds. The minimum atomic E-state index is -4.01. The summed E-state index contributed by atoms with van der Waals surface area (Å²) in [4.78, 5) is 15.2. The molecule has 1 aliphatic rings. The molecule has 0 unspecified atom stereocenters. The van der Waals surface area contributed by atoms with E-state index < -0.39 is 32.5 Å². The van der Waals surface area contributed by atoms with E-state index >= 15 is 0 Å². The highest BCUT2D eigenvalue weighted by Crippen LogP contribution is 2.32. The van der Waals surface area contributed by atoms with Crippen LogP contribution in [0.15, 0.2) is 82.6 Å². The number of para-hydroxylation sites is 1. The van der Waals surface area contributed by atoms with Crippen molar-refractivity contribution in [2.24, 2.45) is 0 Å². The lowest BCUT2D eigenvalue weighted by Gasteiger charge is -2.27. The Kier molecular flexibility index (Phi) is 6.72. The molecule has 8 nitrogen and oxygen atoms in total. The second-order valence-electron chi connectivity index (χ2n) is 8.53. The Morgan fingerprint density at radius 1 is 0.857 bits per heavy atom. The Balaban J connectivity index is 1.66. The number of rotatable bonds is 7. The largest absolute Gasteiger partial charge is 0.310 e. The third-order valence-electron chi connectivity index (χ3n) is 5.96. The van der Waals surface area contributed by atoms with Crippen LogP contribution < -0.4 is 9.21 Å². The van der Waals surface area contributed by atoms with Crippen LogP contribution in [0.5, 0.6) is 0 Å². The van der Waals surface area contributed by atoms with Crippen LogP contribution in [-0.4, -0.2) is 54.2 Å². The highest BCUT2D eigenvalue weighted by Gasteiger charge is 2.32. The van der Waals surface area contributed by atoms with E-state index in [0.717, 1.165) is 19.7 Å². The standard InChI is InChI=1S/C25H27N3O5S2/c1-19-9-11-22(12-10-19)35(32,33)28(21-7-5-4-6-8-21)18-25(29)27-16-15-20-17-23(13-14-24(20)27)34(30,31)26(2)3/h4-14,17H,15-16,18H2,1-3H3. The van der Waals surface area contributed by atoms with E-state index in [1.54, 1.807) is 54.6 Å². The number of sulfonamides is 2. The molecule has 3 aromatic carbocycles. The summed E-state index contributed by atoms with van der Waals surface area (Å²) >= 11 is 0. The fraction of sp³-hybridized carbons (Fsp3) is 0.240. The van der Waals surface area contributed by atoms with Gasteiger partial charge in [-0.2, -0.15) is 0 Å². The monoisotopic (exact) mass is 513 g/mol. The van der Waals surface area contributed by atoms with Crippen molar-refractivity contribution in [3.05, 3.63) is 83.9 Å². The summed E-state index contributed by atoms with van der Waals surface area (Å²) < 4.78 is 54.3. The van der Waals surface area contributed by atoms with Crippen molar-refractivity contribution in [2.45, 2.75) is 23.1 Å². The number of benzene rings is 3. The van der Waals surface area contributed by atoms with Crippen molar-refractivity contribution in [3.8, 4) is 0 Å². The topological polar surface area (TPSA) is 95.1 Å². The van der Waals surface area contributed by atoms with Gasteiger partial charge in [-0.15, -0.1) is 0 Å². The van der Waals surface area contributed by atoms with Crippen molar-refractivity contribution in [2.75, 3.05) is 36.4 Å². The van der Waals surface area contributed by atoms with Gasteiger partial charge in [0.25, 0.3) is 10.0 Å². The van der Waals surface area contributed by atoms with Crippen LogP contribution in [0, 0.1) is 6.92 Å². The molecule has 35 heavy (non-hydrogen) atoms. The first-order valence-electron chi connectivity index (χ1n) is 11.0. The predicted molar refractivity (Wildman–Crippen MR) is 136 cm³/mol. The number of hydrogen-bond donors (Lipinski definition) is 0. The zero-order valence-electron chi connectivity index (χ0n) is 19.7. The Hall–Kier alpha value is -3.21. The van der Waals surface area contributed by atoms with Crippen molar-refractivity contribution in [3.63, 3.8) is 0 Å². The van der Waals surface area contributed by atoms with Gasteiger partial charge in [-0.3, -0.25) is 9.10 Å². The molecule has 10 heteroatoms. The molecule has 184 valence electrons. The maximum Gasteiger partial charge on any atom is 0.264 e. The maximum absolute atomic E-state index is 13.5. The van der Waals surface area contributed by atoms with Crippen molar-refractivity contribution in [1.82, 2.24) is 4.31 Å². The average molecular weight is 514 g/mol. The smallest absolute Gasteiger partial charge is 0.264 e. The van der Waals surface area contributed by atoms with Gasteiger partial charge in [-0.25, -0.2) is 21.1 Å². The molecule has 0 aromatic heterocycles. The van der Waals surface area contributed by atoms with Crippen LogP contribution in [0.1, 0.15) is 11.1 Å². The fourth-order valence-corrected chi connectivity index (χ4v) is 6.33. The van der Waals surface area contributed by atoms with Gasteiger partial charge in [0, 0.05) is 26.3 Å². The van der Waals surface area contributed by atoms with E-state index in [1.807, 2.05) is 6.92 Å². The first-order valence-corrected chi connectivity index (χ1v) is 13.9. The summed E-state index contributed by atoms with van der Waals surface area (Å²) in [7, 11) is -4.68. The molecule has 0 N–H and O–H groups in total. The Labute approximate surface area is 206 Å². The second-order valence-corrected chi connectivity index (χ2v) is 12.5. The van der Waals surface area contributed by atoms with Gasteiger partial charge in [0.15, 0.2) is 0 Å². The fourth-order valence-electron chi connectivity index (χ4n) is 3.96. The van der Waals surface area contributed by atoms with Crippen LogP contribution in [0.25, 0.3) is 0 Å². The predicted octanol–water partition coefficient (Wildman–Crippen LogP) is 3.03. The molecule has 0 aliphatic carbocycles. The van der Waals surface area contributed by atoms with Gasteiger partial charge in [-0.1, -0.05) is 35.9 Å². The molecule has 4 rings (SSSR count). The third-order valence-corrected chi connectivity index (χ3v) is 9.56. The zero-order valence-corrected chi connectivity index (χ0v) is 21.4. The number of hydrogen-bond acceptors (Lipinski definition) is 5. The Morgan fingerprint density at radius 2 is 1.49 bits per heavy atom. The summed E-state index contributed by atoms with van der Waals surface area (Å²) in [5.74, 6) is -0.397. The zero-order chi connectivity index (χ0) is 25.4. The van der Waals surface area contributed by atoms with Gasteiger partial charge in [0.2, 0.25) is 15.9 Å². The molecular formula is C25H27N3O5S2. The molecule has 0 saturated heterocycles. The summed E-state index contributed by atoms with van der Waals surface area (Å²) in [6.45, 7) is 1.82. The molecular weight excluding hydrogens is 486 g/mol. The van der Waals surface area contributed by atoms with Crippen molar-refractivity contribution >= 4 is 37.3 Å². The molecule has 1 heterocycles. The van der Waals surface area contributed by atoms with Crippen LogP contribution in [0.2, 0.25) is 0 Å². The molecule has 3 aromatic rings. The van der Waals surface area contributed by atoms with E-state index in [2.05, 4.69) is 0 Å². The Bertz CT molecular complexity index is 1450. The van der Waals surface area contributed by atoms with E-state index in [9.17, 15) is 21.6 Å². The van der Waals surface area contributed by atoms with Gasteiger partial charge in [0.1, 0.15) is 6.54 Å². The van der Waals surface area contributed by atoms with Gasteiger partial charge >= 0.3 is 0 Å². The van der Waals surface area contributed by atoms with E-state index in [1.165, 1.54) is 37.2 Å². The first-order chi connectivity index (χ1) is 16.5. The lowest BCUT2D eigenvalue weighted by molar-refractivity contribution is -0.117. The summed E-state index contributed by atoms with van der Waals surface area (Å²) in [5.41, 5.74) is 2.63. The molecule has 0 atom stereocenters. The van der Waals surface area contributed by atoms with Crippen LogP contribution >= 0.6 is 0 Å². The molecule has 0 saturated carbocycles. The number of carbonyl (C=O) groups excluding carboxylic acids is 1. The molecule has 0 radical (unpaired) electrons. The lowest BCUT2D eigenvalue weighted by atomic mass is 10.2. The van der Waals surface area contributed by atoms with Crippen molar-refractivity contribution in [1.29, 1.82) is 0 Å². The molecule has 0 spiro atoms. The van der Waals surface area contributed by atoms with Crippen LogP contribution in [0.3, 0.4) is 0 Å². The van der Waals surface area contributed by atoms with Gasteiger partial charge in [-0.05, 0) is 61.4 Å². The third kappa shape index (κ3) is 4.82. The highest BCUT2D eigenvalue weighted by atomic mass is 32.2. The minimum absolute atomic E-state index is 0.0973. The number of carbonyl (C=O) groups is 1. The molecule has 0 bridgehead atoms. The lowest BCUT2D eigenvalue weighted by Crippen LogP contribution is -2.42. The summed E-state index contributed by atoms with van der Waals surface area (Å²) in [6.07, 6.45) is 0.480. The number of anilines is 2. The average Bonchev–Trinajstić information content (AvgIpc) is 3.26. The second kappa shape index (κ2) is 9.44. The summed E-state index contributed by atoms with van der Waals surface area (Å²) in [6, 6.07) is 19.7. The van der Waals surface area contributed by atoms with E-state index in [0.29, 0.717) is 24.3 Å². The SMILES string of the molecule is Cc1ccc(S(=O)(=O)N(CC(=O)N2CCc3cc(S(=O)(=O)N(C)C)ccc32)c2ccccc2)cc1. The Morgan fingerprint density at radius 3 is 2.11 bits per heavy atom. The number of fused-ring (bicyclic) bond motifs is 1. The van der Waals surface area contributed by atoms with Crippen molar-refractivity contribution < 1.29 is 21.6 Å². The van der Waals surface area contributed by atoms with E-state index in [4.69, 9.17) is 0 Å². The van der Waals surface area contributed by atoms with Crippen LogP contribution in [0.4, 0.5) is 11.4 Å². The highest BCUT2D eigenvalue weighted by molar-refractivity contribution is 7.92. The number of nitrogens with zero attached hydrogens (tertiary/aromatic N) is 3. The normalized spacial score (nSPS) is 13.7. The molecule has 1 aliphatic heterocycles. The van der Waals surface area contributed by atoms with Crippen LogP contribution in [-0.2, 0) is 31.3 Å². The van der Waals surface area contributed by atoms with E-state index in [-0.39, 0.29) is 9.79 Å². The van der Waals surface area contributed by atoms with Gasteiger partial charge < -0.3 is 4.90 Å². The maximum atomic E-state index is 13.5. The quantitative estimate of drug-likeness (QED) is 0.484. The minimum Gasteiger partial charge on any atom is -0.310 e. The number of amides is 1. The van der Waals surface area contributed by atoms with Gasteiger partial charge in [0.05, 0.1) is 15.5 Å². The summed E-state index contributed by atoms with van der Waals surface area (Å²) in [5, 5.41) is 0.